The predicted molar refractivity (Wildman–Crippen MR) is 104 cm³/mol. The molecule has 1 amide bonds. The summed E-state index contributed by atoms with van der Waals surface area (Å²) in [7, 11) is 0. The summed E-state index contributed by atoms with van der Waals surface area (Å²) < 4.78 is 6.36. The molecule has 3 aromatic rings. The summed E-state index contributed by atoms with van der Waals surface area (Å²) in [5.74, 6) is -0.810. The molecule has 26 heavy (non-hydrogen) atoms. The third kappa shape index (κ3) is 3.50. The third-order valence-electron chi connectivity index (χ3n) is 4.37. The number of thiazole rings is 1. The van der Waals surface area contributed by atoms with Crippen molar-refractivity contribution in [1.82, 2.24) is 4.98 Å². The van der Waals surface area contributed by atoms with Crippen molar-refractivity contribution >= 4 is 49.9 Å². The van der Waals surface area contributed by atoms with E-state index < -0.39 is 12.1 Å². The summed E-state index contributed by atoms with van der Waals surface area (Å²) in [5, 5.41) is 3.24. The summed E-state index contributed by atoms with van der Waals surface area (Å²) in [6.45, 7) is 1.58. The van der Waals surface area contributed by atoms with Crippen LogP contribution in [0.1, 0.15) is 39.9 Å². The second-order valence-corrected chi connectivity index (χ2v) is 8.46. The molecule has 5 nitrogen and oxygen atoms in total. The molecule has 0 aliphatic heterocycles. The highest BCUT2D eigenvalue weighted by molar-refractivity contribution is 7.22. The highest BCUT2D eigenvalue weighted by atomic mass is 32.1. The molecule has 0 saturated carbocycles. The molecular formula is C19H18N2O3S2. The molecule has 0 spiro atoms. The zero-order chi connectivity index (χ0) is 18.1. The number of nitrogens with zero attached hydrogens (tertiary/aromatic N) is 1. The average molecular weight is 386 g/mol. The Hall–Kier alpha value is -2.25. The van der Waals surface area contributed by atoms with Crippen molar-refractivity contribution in [2.75, 3.05) is 5.32 Å². The maximum absolute atomic E-state index is 12.4. The van der Waals surface area contributed by atoms with Gasteiger partial charge in [-0.25, -0.2) is 9.78 Å². The van der Waals surface area contributed by atoms with Crippen LogP contribution in [0.15, 0.2) is 30.3 Å². The predicted octanol–water partition coefficient (Wildman–Crippen LogP) is 4.42. The van der Waals surface area contributed by atoms with Gasteiger partial charge in [-0.15, -0.1) is 11.3 Å². The molecule has 1 aliphatic rings. The number of nitrogens with one attached hydrogen (secondary N) is 1. The first-order valence-electron chi connectivity index (χ1n) is 8.59. The summed E-state index contributed by atoms with van der Waals surface area (Å²) in [6.07, 6.45) is 3.50. The number of carbonyl (C=O) groups is 2. The highest BCUT2D eigenvalue weighted by Gasteiger charge is 2.23. The number of esters is 1. The molecular weight excluding hydrogens is 368 g/mol. The van der Waals surface area contributed by atoms with Gasteiger partial charge < -0.3 is 4.74 Å². The maximum Gasteiger partial charge on any atom is 0.349 e. The van der Waals surface area contributed by atoms with Crippen LogP contribution in [0.3, 0.4) is 0 Å². The van der Waals surface area contributed by atoms with Gasteiger partial charge in [0, 0.05) is 4.88 Å². The van der Waals surface area contributed by atoms with E-state index in [1.54, 1.807) is 6.92 Å². The summed E-state index contributed by atoms with van der Waals surface area (Å²) in [5.41, 5.74) is 2.08. The van der Waals surface area contributed by atoms with Crippen LogP contribution in [-0.2, 0) is 22.4 Å². The van der Waals surface area contributed by atoms with Crippen molar-refractivity contribution in [2.24, 2.45) is 0 Å². The fourth-order valence-electron chi connectivity index (χ4n) is 3.00. The normalized spacial score (nSPS) is 14.7. The van der Waals surface area contributed by atoms with Crippen LogP contribution in [-0.4, -0.2) is 23.0 Å². The van der Waals surface area contributed by atoms with Gasteiger partial charge in [-0.1, -0.05) is 23.5 Å². The molecule has 0 radical (unpaired) electrons. The van der Waals surface area contributed by atoms with Crippen molar-refractivity contribution in [3.05, 3.63) is 45.6 Å². The lowest BCUT2D eigenvalue weighted by Crippen LogP contribution is -2.29. The molecule has 1 aliphatic carbocycles. The molecule has 0 saturated heterocycles. The Balaban J connectivity index is 1.40. The van der Waals surface area contributed by atoms with E-state index in [-0.39, 0.29) is 5.91 Å². The zero-order valence-corrected chi connectivity index (χ0v) is 15.9. The molecule has 0 fully saturated rings. The zero-order valence-electron chi connectivity index (χ0n) is 14.3. The summed E-state index contributed by atoms with van der Waals surface area (Å²) in [6, 6.07) is 9.59. The van der Waals surface area contributed by atoms with Gasteiger partial charge >= 0.3 is 5.97 Å². The number of carbonyl (C=O) groups excluding carboxylic acids is 2. The maximum atomic E-state index is 12.4. The fourth-order valence-corrected chi connectivity index (χ4v) is 5.00. The highest BCUT2D eigenvalue weighted by Crippen LogP contribution is 2.30. The minimum absolute atomic E-state index is 0.376. The first-order chi connectivity index (χ1) is 12.6. The minimum Gasteiger partial charge on any atom is -0.448 e. The number of para-hydroxylation sites is 1. The van der Waals surface area contributed by atoms with Gasteiger partial charge in [0.05, 0.1) is 10.2 Å². The van der Waals surface area contributed by atoms with Crippen molar-refractivity contribution in [3.63, 3.8) is 0 Å². The van der Waals surface area contributed by atoms with Gasteiger partial charge in [0.25, 0.3) is 5.91 Å². The Morgan fingerprint density at radius 3 is 2.81 bits per heavy atom. The number of hydrogen-bond acceptors (Lipinski definition) is 6. The van der Waals surface area contributed by atoms with Crippen LogP contribution in [0.4, 0.5) is 5.13 Å². The largest absolute Gasteiger partial charge is 0.448 e. The SMILES string of the molecule is CC(OC(=O)c1cc2c(s1)CCCC2)C(=O)Nc1nc2ccccc2s1. The van der Waals surface area contributed by atoms with Crippen LogP contribution < -0.4 is 5.32 Å². The topological polar surface area (TPSA) is 68.3 Å². The van der Waals surface area contributed by atoms with Crippen molar-refractivity contribution < 1.29 is 14.3 Å². The van der Waals surface area contributed by atoms with E-state index in [4.69, 9.17) is 4.74 Å². The molecule has 2 heterocycles. The number of hydrogen-bond donors (Lipinski definition) is 1. The molecule has 2 aromatic heterocycles. The molecule has 134 valence electrons. The van der Waals surface area contributed by atoms with Crippen LogP contribution in [0, 0.1) is 0 Å². The Kier molecular flexibility index (Phi) is 4.74. The number of anilines is 1. The number of aromatic nitrogens is 1. The Morgan fingerprint density at radius 2 is 2.00 bits per heavy atom. The standard InChI is InChI=1S/C19H18N2O3S2/c1-11(17(22)21-19-20-13-7-3-5-9-15(13)26-19)24-18(23)16-10-12-6-2-4-8-14(12)25-16/h3,5,7,9-11H,2,4,6,8H2,1H3,(H,20,21,22). The van der Waals surface area contributed by atoms with Crippen molar-refractivity contribution in [3.8, 4) is 0 Å². The van der Waals surface area contributed by atoms with E-state index >= 15 is 0 Å². The first kappa shape index (κ1) is 17.2. The lowest BCUT2D eigenvalue weighted by Gasteiger charge is -2.11. The molecule has 4 rings (SSSR count). The van der Waals surface area contributed by atoms with E-state index in [1.807, 2.05) is 30.3 Å². The monoisotopic (exact) mass is 386 g/mol. The van der Waals surface area contributed by atoms with Gasteiger partial charge in [0.2, 0.25) is 0 Å². The lowest BCUT2D eigenvalue weighted by atomic mass is 9.99. The number of amides is 1. The molecule has 1 unspecified atom stereocenters. The van der Waals surface area contributed by atoms with Crippen LogP contribution in [0.5, 0.6) is 0 Å². The lowest BCUT2D eigenvalue weighted by molar-refractivity contribution is -0.123. The fraction of sp³-hybridized carbons (Fsp3) is 0.316. The smallest absolute Gasteiger partial charge is 0.349 e. The Bertz CT molecular complexity index is 920. The first-order valence-corrected chi connectivity index (χ1v) is 10.2. The van der Waals surface area contributed by atoms with Gasteiger partial charge in [-0.05, 0) is 56.4 Å². The minimum atomic E-state index is -0.881. The molecule has 1 atom stereocenters. The Labute approximate surface area is 159 Å². The molecule has 0 bridgehead atoms. The number of benzene rings is 1. The van der Waals surface area contributed by atoms with Crippen molar-refractivity contribution in [2.45, 2.75) is 38.7 Å². The van der Waals surface area contributed by atoms with Gasteiger partial charge in [-0.3, -0.25) is 10.1 Å². The quantitative estimate of drug-likeness (QED) is 0.674. The van der Waals surface area contributed by atoms with E-state index in [2.05, 4.69) is 10.3 Å². The number of fused-ring (bicyclic) bond motifs is 2. The van der Waals surface area contributed by atoms with E-state index in [0.29, 0.717) is 10.0 Å². The number of aryl methyl sites for hydroxylation is 2. The second-order valence-electron chi connectivity index (χ2n) is 6.29. The van der Waals surface area contributed by atoms with Gasteiger partial charge in [0.15, 0.2) is 11.2 Å². The van der Waals surface area contributed by atoms with Crippen molar-refractivity contribution in [1.29, 1.82) is 0 Å². The van der Waals surface area contributed by atoms with Gasteiger partial charge in [0.1, 0.15) is 4.88 Å². The molecule has 1 N–H and O–H groups in total. The molecule has 1 aromatic carbocycles. The van der Waals surface area contributed by atoms with E-state index in [0.717, 1.165) is 23.1 Å². The third-order valence-corrected chi connectivity index (χ3v) is 6.54. The van der Waals surface area contributed by atoms with Crippen LogP contribution >= 0.6 is 22.7 Å². The van der Waals surface area contributed by atoms with Gasteiger partial charge in [-0.2, -0.15) is 0 Å². The second kappa shape index (κ2) is 7.17. The summed E-state index contributed by atoms with van der Waals surface area (Å²) in [4.78, 5) is 30.9. The van der Waals surface area contributed by atoms with E-state index in [1.165, 1.54) is 46.0 Å². The molecule has 7 heteroatoms. The van der Waals surface area contributed by atoms with E-state index in [9.17, 15) is 9.59 Å². The average Bonchev–Trinajstić information content (AvgIpc) is 3.24. The number of ether oxygens (including phenoxy) is 1. The number of thiophene rings is 1. The number of rotatable bonds is 4. The Morgan fingerprint density at radius 1 is 1.19 bits per heavy atom. The van der Waals surface area contributed by atoms with Crippen LogP contribution in [0.25, 0.3) is 10.2 Å². The summed E-state index contributed by atoms with van der Waals surface area (Å²) >= 11 is 2.88. The van der Waals surface area contributed by atoms with Crippen LogP contribution in [0.2, 0.25) is 0 Å².